The van der Waals surface area contributed by atoms with Gasteiger partial charge in [-0.2, -0.15) is 0 Å². The van der Waals surface area contributed by atoms with Gasteiger partial charge in [0.15, 0.2) is 17.0 Å². The van der Waals surface area contributed by atoms with Crippen molar-refractivity contribution in [2.45, 2.75) is 117 Å². The molecule has 2 unspecified atom stereocenters. The van der Waals surface area contributed by atoms with Gasteiger partial charge in [0.2, 0.25) is 5.82 Å². The number of piperidine rings is 1. The van der Waals surface area contributed by atoms with Crippen LogP contribution in [0.25, 0.3) is 22.4 Å². The van der Waals surface area contributed by atoms with Crippen LogP contribution in [0, 0.1) is 0 Å². The number of rotatable bonds is 10. The number of amides is 2. The Kier molecular flexibility index (Phi) is 13.0. The van der Waals surface area contributed by atoms with E-state index < -0.39 is 53.0 Å². The summed E-state index contributed by atoms with van der Waals surface area (Å²) in [6, 6.07) is 6.86. The number of pyridine rings is 1. The number of halogens is 3. The monoisotopic (exact) mass is 844 g/mol. The molecule has 0 aliphatic carbocycles. The average Bonchev–Trinajstić information content (AvgIpc) is 3.51. The lowest BCUT2D eigenvalue weighted by Crippen LogP contribution is -2.67. The Labute approximate surface area is 346 Å². The Bertz CT molecular complexity index is 2200. The zero-order valence-electron chi connectivity index (χ0n) is 34.8. The molecule has 1 saturated heterocycles. The molecule has 5 rings (SSSR count). The van der Waals surface area contributed by atoms with Crippen LogP contribution in [-0.2, 0) is 20.8 Å². The van der Waals surface area contributed by atoms with E-state index in [1.165, 1.54) is 13.4 Å². The van der Waals surface area contributed by atoms with Crippen LogP contribution in [0.5, 0.6) is 5.75 Å². The second-order valence-corrected chi connectivity index (χ2v) is 17.6. The van der Waals surface area contributed by atoms with Crippen molar-refractivity contribution in [3.05, 3.63) is 53.2 Å². The Hall–Kier alpha value is -5.36. The Morgan fingerprint density at radius 3 is 2.22 bits per heavy atom. The maximum Gasteiger partial charge on any atom is 0.413 e. The number of alkyl carbamates (subject to hydrolysis) is 1. The van der Waals surface area contributed by atoms with Gasteiger partial charge in [0.1, 0.15) is 28.7 Å². The van der Waals surface area contributed by atoms with Gasteiger partial charge in [-0.3, -0.25) is 10.3 Å². The fourth-order valence-electron chi connectivity index (χ4n) is 6.48. The number of fused-ring (bicyclic) bond motifs is 1. The molecule has 59 heavy (non-hydrogen) atoms. The normalized spacial score (nSPS) is 16.8. The maximum atomic E-state index is 14.4. The third-order valence-corrected chi connectivity index (χ3v) is 9.16. The highest BCUT2D eigenvalue weighted by Gasteiger charge is 2.48. The number of alkyl halides is 2. The molecule has 1 fully saturated rings. The number of aliphatic hydroxyl groups excluding tert-OH is 1. The third kappa shape index (κ3) is 11.2. The van der Waals surface area contributed by atoms with Crippen molar-refractivity contribution >= 4 is 52.4 Å². The highest BCUT2D eigenvalue weighted by molar-refractivity contribution is 6.33. The number of anilines is 2. The SMILES string of the molecule is COc1ccc(-c2cc(Cn3cnc4c(NC(=O)OC(C)(C)C)nc(C(=O)OC(C)(C)C)nc43)c(N3CCCC(NC(=O)OC(C)(C)C)(C(O)C(F)F)C3)cn2)c(Cl)c1. The van der Waals surface area contributed by atoms with Crippen molar-refractivity contribution in [3.63, 3.8) is 0 Å². The smallest absolute Gasteiger partial charge is 0.413 e. The number of hydrogen-bond acceptors (Lipinski definition) is 13. The number of carbonyl (C=O) groups excluding carboxylic acids is 3. The van der Waals surface area contributed by atoms with Crippen LogP contribution in [0.4, 0.5) is 29.9 Å². The van der Waals surface area contributed by atoms with Gasteiger partial charge in [-0.1, -0.05) is 11.6 Å². The fourth-order valence-corrected chi connectivity index (χ4v) is 6.75. The van der Waals surface area contributed by atoms with Gasteiger partial charge in [-0.25, -0.2) is 38.1 Å². The predicted molar refractivity (Wildman–Crippen MR) is 216 cm³/mol. The van der Waals surface area contributed by atoms with Crippen molar-refractivity contribution in [1.29, 1.82) is 0 Å². The maximum absolute atomic E-state index is 14.4. The van der Waals surface area contributed by atoms with Gasteiger partial charge in [-0.05, 0) is 105 Å². The molecule has 0 radical (unpaired) electrons. The number of nitrogens with one attached hydrogen (secondary N) is 2. The fraction of sp³-hybridized carbons (Fsp3) is 0.525. The van der Waals surface area contributed by atoms with Gasteiger partial charge < -0.3 is 38.8 Å². The summed E-state index contributed by atoms with van der Waals surface area (Å²) >= 11 is 6.69. The lowest BCUT2D eigenvalue weighted by Gasteiger charge is -2.46. The van der Waals surface area contributed by atoms with Crippen molar-refractivity contribution in [1.82, 2.24) is 29.8 Å². The van der Waals surface area contributed by atoms with Gasteiger partial charge in [0, 0.05) is 18.7 Å². The van der Waals surface area contributed by atoms with Gasteiger partial charge >= 0.3 is 18.2 Å². The highest BCUT2D eigenvalue weighted by atomic mass is 35.5. The molecule has 16 nitrogen and oxygen atoms in total. The summed E-state index contributed by atoms with van der Waals surface area (Å²) in [5, 5.41) is 16.5. The first kappa shape index (κ1) is 44.7. The van der Waals surface area contributed by atoms with Crippen LogP contribution >= 0.6 is 11.6 Å². The molecule has 4 aromatic rings. The number of carbonyl (C=O) groups is 3. The summed E-state index contributed by atoms with van der Waals surface area (Å²) < 4.78 is 52.1. The molecule has 19 heteroatoms. The summed E-state index contributed by atoms with van der Waals surface area (Å²) in [6.45, 7) is 15.1. The number of aromatic nitrogens is 5. The van der Waals surface area contributed by atoms with Gasteiger partial charge in [-0.15, -0.1) is 0 Å². The van der Waals surface area contributed by atoms with E-state index in [0.29, 0.717) is 46.2 Å². The van der Waals surface area contributed by atoms with E-state index in [9.17, 15) is 28.3 Å². The molecule has 3 aromatic heterocycles. The van der Waals surface area contributed by atoms with E-state index in [0.717, 1.165) is 0 Å². The highest BCUT2D eigenvalue weighted by Crippen LogP contribution is 2.37. The Balaban J connectivity index is 1.65. The first-order valence-corrected chi connectivity index (χ1v) is 19.3. The minimum absolute atomic E-state index is 0.00777. The number of esters is 1. The zero-order valence-corrected chi connectivity index (χ0v) is 35.5. The van der Waals surface area contributed by atoms with Crippen LogP contribution in [0.15, 0.2) is 36.8 Å². The van der Waals surface area contributed by atoms with Crippen LogP contribution in [0.2, 0.25) is 5.02 Å². The molecule has 1 aliphatic heterocycles. The molecule has 0 spiro atoms. The summed E-state index contributed by atoms with van der Waals surface area (Å²) in [5.41, 5.74) is -2.24. The molecule has 4 heterocycles. The van der Waals surface area contributed by atoms with E-state index in [1.54, 1.807) is 102 Å². The third-order valence-electron chi connectivity index (χ3n) is 8.84. The number of ether oxygens (including phenoxy) is 4. The minimum atomic E-state index is -3.19. The molecular weight excluding hydrogens is 794 g/mol. The van der Waals surface area contributed by atoms with Crippen molar-refractivity contribution in [3.8, 4) is 17.0 Å². The standard InChI is InChI=1S/C40H51ClF2N8O8/c1-37(2,3)57-34(53)32-46-31(48-35(54)58-38(4,5)6)28-33(47-32)51(21-45-28)19-22-16-26(24-13-12-23(56-10)17-25(24)41)44-18-27(22)50-15-11-14-40(20-50,29(52)30(42)43)49-36(55)59-39(7,8)9/h12-13,16-18,21,29-30,52H,11,14-15,19-20H2,1-10H3,(H,49,55)(H,46,47,48,54). The summed E-state index contributed by atoms with van der Waals surface area (Å²) in [7, 11) is 1.51. The number of aliphatic hydroxyl groups is 1. The minimum Gasteiger partial charge on any atom is -0.497 e. The van der Waals surface area contributed by atoms with Gasteiger partial charge in [0.05, 0.1) is 48.1 Å². The zero-order chi connectivity index (χ0) is 43.7. The largest absolute Gasteiger partial charge is 0.497 e. The van der Waals surface area contributed by atoms with Crippen molar-refractivity contribution < 1.29 is 47.2 Å². The van der Waals surface area contributed by atoms with Crippen molar-refractivity contribution in [2.24, 2.45) is 0 Å². The first-order valence-electron chi connectivity index (χ1n) is 18.9. The topological polar surface area (TPSA) is 192 Å². The van der Waals surface area contributed by atoms with E-state index in [1.807, 2.05) is 0 Å². The molecule has 2 atom stereocenters. The number of hydrogen-bond donors (Lipinski definition) is 3. The van der Waals surface area contributed by atoms with Gasteiger partial charge in [0.25, 0.3) is 6.43 Å². The van der Waals surface area contributed by atoms with E-state index in [2.05, 4.69) is 25.6 Å². The lowest BCUT2D eigenvalue weighted by atomic mass is 9.83. The quantitative estimate of drug-likeness (QED) is 0.106. The lowest BCUT2D eigenvalue weighted by molar-refractivity contribution is -0.0664. The molecule has 3 N–H and O–H groups in total. The average molecular weight is 845 g/mol. The number of imidazole rings is 1. The Morgan fingerprint density at radius 1 is 0.949 bits per heavy atom. The van der Waals surface area contributed by atoms with Crippen LogP contribution in [0.1, 0.15) is 91.3 Å². The molecule has 2 amide bonds. The second kappa shape index (κ2) is 17.1. The Morgan fingerprint density at radius 2 is 1.61 bits per heavy atom. The second-order valence-electron chi connectivity index (χ2n) is 17.2. The molecule has 320 valence electrons. The predicted octanol–water partition coefficient (Wildman–Crippen LogP) is 7.39. The molecular formula is C40H51ClF2N8O8. The van der Waals surface area contributed by atoms with Crippen LogP contribution in [0.3, 0.4) is 0 Å². The van der Waals surface area contributed by atoms with E-state index >= 15 is 0 Å². The van der Waals surface area contributed by atoms with Crippen molar-refractivity contribution in [2.75, 3.05) is 30.4 Å². The summed E-state index contributed by atoms with van der Waals surface area (Å²) in [6.07, 6.45) is -3.93. The first-order chi connectivity index (χ1) is 27.4. The number of methoxy groups -OCH3 is 1. The molecule has 0 saturated carbocycles. The number of benzene rings is 1. The van der Waals surface area contributed by atoms with Crippen LogP contribution in [-0.4, -0.2) is 103 Å². The molecule has 1 aliphatic rings. The summed E-state index contributed by atoms with van der Waals surface area (Å²) in [4.78, 5) is 59.1. The van der Waals surface area contributed by atoms with E-state index in [-0.39, 0.29) is 42.3 Å². The van der Waals surface area contributed by atoms with E-state index in [4.69, 9.17) is 35.5 Å². The number of nitrogens with zero attached hydrogens (tertiary/aromatic N) is 6. The molecule has 1 aromatic carbocycles. The summed E-state index contributed by atoms with van der Waals surface area (Å²) in [5.74, 6) is -0.813. The van der Waals surface area contributed by atoms with Crippen LogP contribution < -0.4 is 20.3 Å². The molecule has 0 bridgehead atoms.